The van der Waals surface area contributed by atoms with E-state index in [2.05, 4.69) is 108 Å². The van der Waals surface area contributed by atoms with E-state index in [9.17, 15) is 103 Å². The molecule has 0 aromatic rings. The van der Waals surface area contributed by atoms with Crippen molar-refractivity contribution in [1.82, 2.24) is 0 Å². The fraction of sp³-hybridized carbons (Fsp3) is 0.529. The summed E-state index contributed by atoms with van der Waals surface area (Å²) in [5.74, 6) is 0. The number of hydrogen-bond donors (Lipinski definition) is 0. The number of allylic oxidation sites excluding steroid dienone is 1. The molecular formula is C70H129O33P11. The minimum Gasteiger partial charge on any atom is -0.460 e. The highest BCUT2D eigenvalue weighted by Gasteiger charge is 2.29. The monoisotopic (exact) mass is 1840 g/mol. The van der Waals surface area contributed by atoms with Gasteiger partial charge in [-0.25, -0.2) is 52.7 Å². The molecule has 1 unspecified atom stereocenters. The van der Waals surface area contributed by atoms with Crippen molar-refractivity contribution in [3.63, 3.8) is 0 Å². The Labute approximate surface area is 677 Å². The second-order valence-corrected chi connectivity index (χ2v) is 60.5. The van der Waals surface area contributed by atoms with E-state index in [4.69, 9.17) is 9.47 Å². The SMILES string of the molecule is C/C=C/COC(=O)P(C)(C)=O.C=C(C)COC(=O)P(C)(C)=O.C=CC(C)(C)OC(=O)P(C)(C)=O.C=CC(C)OC(=O)P(C)(C)=O.C=CCCOC(=O)P(C)(C)=O.C=CCOC(=O)P(C)(C)=O.C=CCOC(=O)P(C)(C)=O.C=CCOC(=O)P(C)(C)=O.C=CCOC(=O)P(C)(C)=O.C=COC(=O)P(C)(C)=O.C=COC(=O)P(C)(C)=O. The molecule has 0 aliphatic heterocycles. The van der Waals surface area contributed by atoms with Gasteiger partial charge in [0.1, 0.15) is 51.3 Å². The van der Waals surface area contributed by atoms with Gasteiger partial charge in [0.2, 0.25) is 0 Å². The van der Waals surface area contributed by atoms with Crippen molar-refractivity contribution in [1.29, 1.82) is 0 Å². The average molecular weight is 1840 g/mol. The molecule has 0 N–H and O–H groups in total. The quantitative estimate of drug-likeness (QED) is 0.0198. The lowest BCUT2D eigenvalue weighted by atomic mass is 10.1. The van der Waals surface area contributed by atoms with Crippen LogP contribution < -0.4 is 0 Å². The lowest BCUT2D eigenvalue weighted by molar-refractivity contribution is 0.0930. The maximum atomic E-state index is 11.2. The molecule has 0 spiro atoms. The summed E-state index contributed by atoms with van der Waals surface area (Å²) < 4.78 is 171. The van der Waals surface area contributed by atoms with Crippen molar-refractivity contribution in [2.45, 2.75) is 52.7 Å². The topological polar surface area (TPSA) is 477 Å². The molecule has 662 valence electrons. The van der Waals surface area contributed by atoms with Crippen LogP contribution >= 0.6 is 78.6 Å². The largest absolute Gasteiger partial charge is 0.460 e. The predicted octanol–water partition coefficient (Wildman–Crippen LogP) is 23.5. The number of carbonyl (C=O) groups excluding carboxylic acids is 11. The van der Waals surface area contributed by atoms with Crippen molar-refractivity contribution < 1.29 is 155 Å². The van der Waals surface area contributed by atoms with Gasteiger partial charge in [-0.1, -0.05) is 108 Å². The summed E-state index contributed by atoms with van der Waals surface area (Å²) in [6, 6.07) is 0. The molecule has 0 aliphatic rings. The molecular weight excluding hydrogens is 1710 g/mol. The summed E-state index contributed by atoms with van der Waals surface area (Å²) in [5.41, 5.74) is -7.02. The highest BCUT2D eigenvalue weighted by molar-refractivity contribution is 7.81. The Morgan fingerprint density at radius 3 is 0.737 bits per heavy atom. The predicted molar refractivity (Wildman–Crippen MR) is 469 cm³/mol. The van der Waals surface area contributed by atoms with Crippen LogP contribution in [0.2, 0.25) is 0 Å². The standard InChI is InChI=1S/C8H15O3P.4C7H13O3P.4C6H11O3P.2C5H9O3P/c1-6-8(2,3)11-7(9)12(4,5)10;1-6(2)5-10-7(8)11(3,4)9;1-5-6(2)10-7(8)11(3,4)9;2*1-4-5-6-10-7(8)11(2,3)9;4*1-4-5-9-6(7)10(2,3)8;2*1-4-8-5(6)9(2,3)7/h6H,1H2,2-5H3;1,5H2,2-4H3;5-6H,1H2,2-4H3;4-5H,6H2,1-3H3;4H,1,5-6H2,2-3H3;4*4H,1,5H2,2-3H3;2*4H,1H2,2-3H3/b;;;5-4+;;;;;;;. The van der Waals surface area contributed by atoms with Crippen LogP contribution in [-0.2, 0) is 102 Å². The van der Waals surface area contributed by atoms with Gasteiger partial charge in [-0.05, 0) is 199 Å². The molecule has 0 bridgehead atoms. The Morgan fingerprint density at radius 1 is 0.333 bits per heavy atom. The van der Waals surface area contributed by atoms with Crippen LogP contribution in [0.3, 0.4) is 0 Å². The van der Waals surface area contributed by atoms with E-state index in [1.807, 2.05) is 6.92 Å². The zero-order chi connectivity index (χ0) is 93.7. The first kappa shape index (κ1) is 131. The second kappa shape index (κ2) is 65.8. The number of carbonyl (C=O) groups is 11. The smallest absolute Gasteiger partial charge is 0.368 e. The van der Waals surface area contributed by atoms with Crippen molar-refractivity contribution in [3.05, 3.63) is 139 Å². The summed E-state index contributed by atoms with van der Waals surface area (Å²) in [6.45, 7) is 73.6. The van der Waals surface area contributed by atoms with E-state index in [1.165, 1.54) is 183 Å². The molecule has 0 aliphatic carbocycles. The van der Waals surface area contributed by atoms with Crippen LogP contribution in [0.15, 0.2) is 139 Å². The Morgan fingerprint density at radius 2 is 0.561 bits per heavy atom. The van der Waals surface area contributed by atoms with E-state index in [1.54, 1.807) is 45.9 Å². The van der Waals surface area contributed by atoms with Crippen LogP contribution in [0.4, 0.5) is 52.7 Å². The van der Waals surface area contributed by atoms with Crippen LogP contribution in [-0.4, -0.2) is 267 Å². The third-order valence-corrected chi connectivity index (χ3v) is 20.5. The van der Waals surface area contributed by atoms with Crippen LogP contribution in [0, 0.1) is 0 Å². The molecule has 0 aromatic heterocycles. The van der Waals surface area contributed by atoms with E-state index in [0.29, 0.717) is 6.42 Å². The summed E-state index contributed by atoms with van der Waals surface area (Å²) in [4.78, 5) is 118. The Kier molecular flexibility index (Phi) is 75.8. The maximum absolute atomic E-state index is 11.2. The molecule has 0 fully saturated rings. The third-order valence-electron chi connectivity index (χ3n) is 9.49. The molecule has 1 atom stereocenters. The number of ether oxygens (including phenoxy) is 11. The van der Waals surface area contributed by atoms with Gasteiger partial charge in [-0.3, -0.25) is 0 Å². The summed E-state index contributed by atoms with van der Waals surface area (Å²) >= 11 is 0. The Balaban J connectivity index is -0.000000114. The zero-order valence-corrected chi connectivity index (χ0v) is 81.4. The first-order chi connectivity index (χ1) is 50.8. The molecule has 114 heavy (non-hydrogen) atoms. The molecule has 44 heteroatoms. The van der Waals surface area contributed by atoms with Gasteiger partial charge in [0.25, 0.3) is 0 Å². The number of rotatable bonds is 32. The van der Waals surface area contributed by atoms with Gasteiger partial charge in [0, 0.05) is 0 Å². The average Bonchev–Trinajstić information content (AvgIpc) is 0.871. The van der Waals surface area contributed by atoms with E-state index >= 15 is 0 Å². The fourth-order valence-electron chi connectivity index (χ4n) is 3.35. The maximum Gasteiger partial charge on any atom is 0.368 e. The normalized spacial score (nSPS) is 11.2. The molecule has 0 amide bonds. The molecule has 0 radical (unpaired) electrons. The van der Waals surface area contributed by atoms with Gasteiger partial charge < -0.3 is 102 Å². The zero-order valence-electron chi connectivity index (χ0n) is 71.5. The van der Waals surface area contributed by atoms with Crippen molar-refractivity contribution >= 4 is 141 Å². The highest BCUT2D eigenvalue weighted by atomic mass is 31.2. The lowest BCUT2D eigenvalue weighted by Gasteiger charge is -2.21. The van der Waals surface area contributed by atoms with Gasteiger partial charge in [0.05, 0.1) is 19.1 Å². The van der Waals surface area contributed by atoms with Crippen LogP contribution in [0.1, 0.15) is 41.0 Å². The van der Waals surface area contributed by atoms with E-state index in [0.717, 1.165) is 18.1 Å². The molecule has 0 rings (SSSR count). The van der Waals surface area contributed by atoms with Gasteiger partial charge >= 0.3 is 62.8 Å². The minimum absolute atomic E-state index is 0.129. The summed E-state index contributed by atoms with van der Waals surface area (Å²) in [6.07, 6.45) is 16.0. The van der Waals surface area contributed by atoms with Crippen LogP contribution in [0.5, 0.6) is 0 Å². The van der Waals surface area contributed by atoms with Crippen molar-refractivity contribution in [3.8, 4) is 0 Å². The van der Waals surface area contributed by atoms with Gasteiger partial charge in [-0.2, -0.15) is 0 Å². The van der Waals surface area contributed by atoms with Crippen LogP contribution in [0.25, 0.3) is 0 Å². The van der Waals surface area contributed by atoms with E-state index < -0.39 is 147 Å². The molecule has 0 saturated carbocycles. The molecule has 0 heterocycles. The van der Waals surface area contributed by atoms with Crippen molar-refractivity contribution in [2.24, 2.45) is 0 Å². The fourth-order valence-corrected chi connectivity index (χ4v) is 7.58. The third kappa shape index (κ3) is 94.7. The van der Waals surface area contributed by atoms with Gasteiger partial charge in [-0.15, -0.1) is 6.58 Å². The second-order valence-electron chi connectivity index (χ2n) is 26.8. The summed E-state index contributed by atoms with van der Waals surface area (Å²) in [5, 5.41) is 0. The Hall–Kier alpha value is -6.16. The Bertz CT molecular complexity index is 3560. The van der Waals surface area contributed by atoms with Gasteiger partial charge in [0.15, 0.2) is 78.6 Å². The lowest BCUT2D eigenvalue weighted by Crippen LogP contribution is -2.24. The number of hydrogen-bond acceptors (Lipinski definition) is 33. The van der Waals surface area contributed by atoms with Crippen molar-refractivity contribution in [2.75, 3.05) is 193 Å². The first-order valence-electron chi connectivity index (χ1n) is 32.7. The van der Waals surface area contributed by atoms with E-state index in [-0.39, 0.29) is 52.4 Å². The molecule has 33 nitrogen and oxygen atoms in total. The highest BCUT2D eigenvalue weighted by Crippen LogP contribution is 2.44. The first-order valence-corrected chi connectivity index (χ1v) is 61.3. The molecule has 0 aromatic carbocycles. The minimum atomic E-state index is -2.78. The summed E-state index contributed by atoms with van der Waals surface area (Å²) in [7, 11) is -29.8. The molecule has 0 saturated heterocycles.